The van der Waals surface area contributed by atoms with Crippen LogP contribution in [-0.2, 0) is 11.3 Å². The number of benzene rings is 3. The number of methoxy groups -OCH3 is 1. The van der Waals surface area contributed by atoms with Crippen molar-refractivity contribution in [3.05, 3.63) is 113 Å². The van der Waals surface area contributed by atoms with E-state index in [4.69, 9.17) is 14.2 Å². The van der Waals surface area contributed by atoms with Crippen molar-refractivity contribution in [2.24, 2.45) is 0 Å². The zero-order valence-electron chi connectivity index (χ0n) is 26.9. The summed E-state index contributed by atoms with van der Waals surface area (Å²) in [6.07, 6.45) is 2.80. The molecule has 2 aromatic heterocycles. The van der Waals surface area contributed by atoms with Gasteiger partial charge in [0.2, 0.25) is 0 Å². The van der Waals surface area contributed by atoms with Gasteiger partial charge >= 0.3 is 0 Å². The lowest BCUT2D eigenvalue weighted by molar-refractivity contribution is -0.123. The molecule has 3 aliphatic heterocycles. The van der Waals surface area contributed by atoms with Crippen LogP contribution in [0.2, 0.25) is 0 Å². The van der Waals surface area contributed by atoms with Gasteiger partial charge in [-0.05, 0) is 84.1 Å². The molecule has 8 rings (SSSR count). The third-order valence-corrected chi connectivity index (χ3v) is 8.85. The minimum absolute atomic E-state index is 0.156. The van der Waals surface area contributed by atoms with Crippen LogP contribution in [0.3, 0.4) is 0 Å². The highest BCUT2D eigenvalue weighted by atomic mass is 16.5. The summed E-state index contributed by atoms with van der Waals surface area (Å²) in [6.45, 7) is 4.46. The Balaban J connectivity index is 1.25. The molecule has 5 heterocycles. The molecule has 1 fully saturated rings. The molecule has 48 heavy (non-hydrogen) atoms. The molecule has 6 bridgehead atoms. The van der Waals surface area contributed by atoms with E-state index in [1.807, 2.05) is 68.6 Å². The summed E-state index contributed by atoms with van der Waals surface area (Å²) < 4.78 is 19.7. The fourth-order valence-electron chi connectivity index (χ4n) is 6.30. The zero-order valence-corrected chi connectivity index (χ0v) is 26.9. The Morgan fingerprint density at radius 1 is 0.958 bits per heavy atom. The Hall–Kier alpha value is -5.84. The van der Waals surface area contributed by atoms with E-state index in [2.05, 4.69) is 15.7 Å². The largest absolute Gasteiger partial charge is 0.493 e. The maximum Gasteiger partial charge on any atom is 0.258 e. The lowest BCUT2D eigenvalue weighted by Crippen LogP contribution is -2.45. The van der Waals surface area contributed by atoms with Crippen molar-refractivity contribution in [2.45, 2.75) is 32.5 Å². The number of aryl methyl sites for hydroxylation is 2. The van der Waals surface area contributed by atoms with Gasteiger partial charge in [-0.3, -0.25) is 14.4 Å². The van der Waals surface area contributed by atoms with Crippen LogP contribution in [0.15, 0.2) is 85.2 Å². The SMILES string of the molecule is COc1cc2ccc1O[C@H]1CN(C(=O)c3cnn4cccc(C)c34)C[C@@H]1NC(=O)c1ccc(C)c(c1)-c1cccc(c1)OCC(=O)NC2. The maximum absolute atomic E-state index is 14.0. The van der Waals surface area contributed by atoms with E-state index in [0.717, 1.165) is 33.3 Å². The minimum atomic E-state index is -0.593. The number of carbonyl (C=O) groups is 3. The Labute approximate surface area is 277 Å². The highest BCUT2D eigenvalue weighted by molar-refractivity contribution is 6.02. The molecule has 0 radical (unpaired) electrons. The Morgan fingerprint density at radius 2 is 1.83 bits per heavy atom. The van der Waals surface area contributed by atoms with E-state index >= 15 is 0 Å². The number of nitrogens with one attached hydrogen (secondary N) is 2. The third-order valence-electron chi connectivity index (χ3n) is 8.85. The number of hydrogen-bond acceptors (Lipinski definition) is 7. The Morgan fingerprint density at radius 3 is 2.69 bits per heavy atom. The van der Waals surface area contributed by atoms with Crippen molar-refractivity contribution in [1.29, 1.82) is 0 Å². The summed E-state index contributed by atoms with van der Waals surface area (Å²) in [7, 11) is 1.54. The number of hydrogen-bond donors (Lipinski definition) is 2. The monoisotopic (exact) mass is 645 g/mol. The topological polar surface area (TPSA) is 124 Å². The first-order chi connectivity index (χ1) is 23.3. The van der Waals surface area contributed by atoms with Crippen molar-refractivity contribution in [3.8, 4) is 28.4 Å². The summed E-state index contributed by atoms with van der Waals surface area (Å²) in [4.78, 5) is 42.2. The van der Waals surface area contributed by atoms with E-state index in [1.54, 1.807) is 39.9 Å². The maximum atomic E-state index is 14.0. The van der Waals surface area contributed by atoms with E-state index in [1.165, 1.54) is 7.11 Å². The zero-order chi connectivity index (χ0) is 33.4. The van der Waals surface area contributed by atoms with Crippen LogP contribution in [0.1, 0.15) is 37.4 Å². The average Bonchev–Trinajstić information content (AvgIpc) is 3.71. The molecule has 2 N–H and O–H groups in total. The second-order valence-corrected chi connectivity index (χ2v) is 12.1. The number of ether oxygens (including phenoxy) is 3. The first-order valence-corrected chi connectivity index (χ1v) is 15.7. The predicted octanol–water partition coefficient (Wildman–Crippen LogP) is 4.34. The number of nitrogens with zero attached hydrogens (tertiary/aromatic N) is 3. The first kappa shape index (κ1) is 30.8. The van der Waals surface area contributed by atoms with Crippen LogP contribution in [0, 0.1) is 13.8 Å². The van der Waals surface area contributed by atoms with E-state index in [9.17, 15) is 14.4 Å². The normalized spacial score (nSPS) is 17.9. The molecule has 3 amide bonds. The summed E-state index contributed by atoms with van der Waals surface area (Å²) in [5.74, 6) is 0.676. The number of amides is 3. The van der Waals surface area contributed by atoms with Crippen molar-refractivity contribution < 1.29 is 28.6 Å². The van der Waals surface area contributed by atoms with Gasteiger partial charge in [-0.25, -0.2) is 4.52 Å². The average molecular weight is 646 g/mol. The van der Waals surface area contributed by atoms with Gasteiger partial charge in [0.15, 0.2) is 18.1 Å². The summed E-state index contributed by atoms with van der Waals surface area (Å²) in [5.41, 5.74) is 6.09. The molecule has 11 nitrogen and oxygen atoms in total. The highest BCUT2D eigenvalue weighted by Gasteiger charge is 2.39. The van der Waals surface area contributed by atoms with Gasteiger partial charge < -0.3 is 29.7 Å². The van der Waals surface area contributed by atoms with Gasteiger partial charge in [-0.2, -0.15) is 5.10 Å². The van der Waals surface area contributed by atoms with E-state index < -0.39 is 12.1 Å². The fraction of sp³-hybridized carbons (Fsp3) is 0.243. The first-order valence-electron chi connectivity index (χ1n) is 15.7. The molecule has 0 saturated carbocycles. The van der Waals surface area contributed by atoms with Crippen LogP contribution < -0.4 is 24.8 Å². The smallest absolute Gasteiger partial charge is 0.258 e. The van der Waals surface area contributed by atoms with Crippen molar-refractivity contribution in [1.82, 2.24) is 25.1 Å². The van der Waals surface area contributed by atoms with Gasteiger partial charge in [-0.1, -0.05) is 30.3 Å². The number of carbonyl (C=O) groups excluding carboxylic acids is 3. The van der Waals surface area contributed by atoms with E-state index in [0.29, 0.717) is 28.4 Å². The number of pyridine rings is 1. The van der Waals surface area contributed by atoms with Crippen molar-refractivity contribution in [3.63, 3.8) is 0 Å². The number of rotatable bonds is 2. The van der Waals surface area contributed by atoms with Crippen LogP contribution in [-0.4, -0.2) is 71.2 Å². The minimum Gasteiger partial charge on any atom is -0.493 e. The molecule has 3 aliphatic rings. The standard InChI is InChI=1S/C37H35N5O6/c1-22-9-11-26-16-28(22)25-7-4-8-27(15-25)47-21-34(43)38-17-24-10-12-31(32(14-24)46-3)48-33-20-41(19-30(33)40-36(26)44)37(45)29-18-39-42-13-5-6-23(2)35(29)42/h4-16,18,30,33H,17,19-21H2,1-3H3,(H,38,43)(H,40,44)/t30-,33-/m0/s1. The third kappa shape index (κ3) is 6.02. The molecule has 3 aromatic carbocycles. The van der Waals surface area contributed by atoms with E-state index in [-0.39, 0.29) is 44.0 Å². The van der Waals surface area contributed by atoms with Crippen molar-refractivity contribution in [2.75, 3.05) is 26.8 Å². The van der Waals surface area contributed by atoms with Gasteiger partial charge in [-0.15, -0.1) is 0 Å². The van der Waals surface area contributed by atoms with Crippen molar-refractivity contribution >= 4 is 23.2 Å². The second-order valence-electron chi connectivity index (χ2n) is 12.1. The van der Waals surface area contributed by atoms with Crippen LogP contribution in [0.25, 0.3) is 16.6 Å². The molecular weight excluding hydrogens is 610 g/mol. The molecule has 0 spiro atoms. The van der Waals surface area contributed by atoms with Crippen LogP contribution >= 0.6 is 0 Å². The molecule has 1 saturated heterocycles. The summed E-state index contributed by atoms with van der Waals surface area (Å²) >= 11 is 0. The van der Waals surface area contributed by atoms with Crippen LogP contribution in [0.5, 0.6) is 17.2 Å². The highest BCUT2D eigenvalue weighted by Crippen LogP contribution is 2.32. The lowest BCUT2D eigenvalue weighted by atomic mass is 9.97. The summed E-state index contributed by atoms with van der Waals surface area (Å²) in [6, 6.07) is 21.6. The fourth-order valence-corrected chi connectivity index (χ4v) is 6.30. The summed E-state index contributed by atoms with van der Waals surface area (Å²) in [5, 5.41) is 10.4. The molecular formula is C37H35N5O6. The molecule has 244 valence electrons. The van der Waals surface area contributed by atoms with Gasteiger partial charge in [0, 0.05) is 24.8 Å². The molecule has 2 atom stereocenters. The second kappa shape index (κ2) is 12.7. The van der Waals surface area contributed by atoms with Gasteiger partial charge in [0.25, 0.3) is 17.7 Å². The number of fused-ring (bicyclic) bond motifs is 8. The number of likely N-dealkylation sites (tertiary alicyclic amines) is 1. The predicted molar refractivity (Wildman–Crippen MR) is 178 cm³/mol. The Kier molecular flexibility index (Phi) is 8.18. The van der Waals surface area contributed by atoms with Gasteiger partial charge in [0.1, 0.15) is 11.9 Å². The van der Waals surface area contributed by atoms with Gasteiger partial charge in [0.05, 0.1) is 37.0 Å². The quantitative estimate of drug-likeness (QED) is 0.293. The molecule has 5 aromatic rings. The Bertz CT molecular complexity index is 2060. The molecule has 11 heteroatoms. The van der Waals surface area contributed by atoms with Crippen LogP contribution in [0.4, 0.5) is 0 Å². The lowest BCUT2D eigenvalue weighted by Gasteiger charge is -2.23. The number of aromatic nitrogens is 2. The molecule has 0 unspecified atom stereocenters. The molecule has 0 aliphatic carbocycles.